The third-order valence-corrected chi connectivity index (χ3v) is 3.85. The number of phenols is 1. The summed E-state index contributed by atoms with van der Waals surface area (Å²) in [6, 6.07) is 13.7. The van der Waals surface area contributed by atoms with Crippen molar-refractivity contribution in [3.05, 3.63) is 52.5 Å². The molecule has 4 heteroatoms. The molecule has 0 fully saturated rings. The lowest BCUT2D eigenvalue weighted by atomic mass is 10.2. The maximum Gasteiger partial charge on any atom is 0.120 e. The van der Waals surface area contributed by atoms with Crippen LogP contribution in [0.4, 0.5) is 5.69 Å². The van der Waals surface area contributed by atoms with E-state index in [0.29, 0.717) is 12.3 Å². The largest absolute Gasteiger partial charge is 0.508 e. The van der Waals surface area contributed by atoms with Crippen LogP contribution in [0.3, 0.4) is 0 Å². The van der Waals surface area contributed by atoms with Crippen molar-refractivity contribution in [1.82, 2.24) is 0 Å². The van der Waals surface area contributed by atoms with Crippen molar-refractivity contribution >= 4 is 33.4 Å². The normalized spacial score (nSPS) is 10.3. The van der Waals surface area contributed by atoms with Crippen molar-refractivity contribution in [1.29, 1.82) is 0 Å². The van der Waals surface area contributed by atoms with Crippen LogP contribution in [0.25, 0.3) is 0 Å². The molecule has 0 unspecified atom stereocenters. The Hall–Kier alpha value is -1.13. The van der Waals surface area contributed by atoms with Crippen molar-refractivity contribution in [2.75, 3.05) is 11.6 Å². The molecule has 0 atom stereocenters. The first-order valence-corrected chi connectivity index (χ1v) is 7.56. The molecule has 2 rings (SSSR count). The van der Waals surface area contributed by atoms with E-state index in [1.807, 2.05) is 24.3 Å². The van der Waals surface area contributed by atoms with E-state index in [9.17, 15) is 5.11 Å². The number of benzene rings is 2. The smallest absolute Gasteiger partial charge is 0.120 e. The minimum Gasteiger partial charge on any atom is -0.508 e. The SMILES string of the molecule is CSc1ccc(NCc2cc(Br)ccc2O)cc1. The predicted octanol–water partition coefficient (Wildman–Crippen LogP) is 4.49. The monoisotopic (exact) mass is 323 g/mol. The van der Waals surface area contributed by atoms with Crippen LogP contribution >= 0.6 is 27.7 Å². The molecule has 0 saturated heterocycles. The molecule has 0 saturated carbocycles. The maximum atomic E-state index is 9.73. The van der Waals surface area contributed by atoms with Gasteiger partial charge in [-0.1, -0.05) is 15.9 Å². The van der Waals surface area contributed by atoms with Crippen LogP contribution in [0.5, 0.6) is 5.75 Å². The van der Waals surface area contributed by atoms with Gasteiger partial charge in [-0.2, -0.15) is 0 Å². The molecule has 0 aromatic heterocycles. The Kier molecular flexibility index (Phi) is 4.55. The molecule has 2 N–H and O–H groups in total. The Morgan fingerprint density at radius 2 is 1.89 bits per heavy atom. The fourth-order valence-corrected chi connectivity index (χ4v) is 2.42. The van der Waals surface area contributed by atoms with Crippen LogP contribution in [0.2, 0.25) is 0 Å². The Morgan fingerprint density at radius 1 is 1.17 bits per heavy atom. The van der Waals surface area contributed by atoms with Crippen molar-refractivity contribution in [2.24, 2.45) is 0 Å². The summed E-state index contributed by atoms with van der Waals surface area (Å²) in [4.78, 5) is 1.24. The quantitative estimate of drug-likeness (QED) is 0.813. The van der Waals surface area contributed by atoms with E-state index < -0.39 is 0 Å². The van der Waals surface area contributed by atoms with Gasteiger partial charge in [-0.3, -0.25) is 0 Å². The molecule has 0 amide bonds. The zero-order chi connectivity index (χ0) is 13.0. The molecular weight excluding hydrogens is 310 g/mol. The van der Waals surface area contributed by atoms with Crippen LogP contribution < -0.4 is 5.32 Å². The highest BCUT2D eigenvalue weighted by atomic mass is 79.9. The summed E-state index contributed by atoms with van der Waals surface area (Å²) in [7, 11) is 0. The number of nitrogens with one attached hydrogen (secondary N) is 1. The van der Waals surface area contributed by atoms with Crippen LogP contribution in [0, 0.1) is 0 Å². The molecule has 0 aliphatic heterocycles. The molecule has 0 aliphatic rings. The number of aromatic hydroxyl groups is 1. The van der Waals surface area contributed by atoms with Crippen molar-refractivity contribution in [3.8, 4) is 5.75 Å². The number of phenolic OH excluding ortho intramolecular Hbond substituents is 1. The number of hydrogen-bond acceptors (Lipinski definition) is 3. The van der Waals surface area contributed by atoms with Crippen LogP contribution in [0.15, 0.2) is 51.8 Å². The summed E-state index contributed by atoms with van der Waals surface area (Å²) in [6.45, 7) is 0.601. The molecule has 0 spiro atoms. The minimum atomic E-state index is 0.312. The second-order valence-electron chi connectivity index (χ2n) is 3.86. The molecule has 0 aliphatic carbocycles. The Labute approximate surface area is 120 Å². The highest BCUT2D eigenvalue weighted by Crippen LogP contribution is 2.23. The van der Waals surface area contributed by atoms with E-state index in [2.05, 4.69) is 39.6 Å². The van der Waals surface area contributed by atoms with Crippen LogP contribution in [-0.2, 0) is 6.54 Å². The average Bonchev–Trinajstić information content (AvgIpc) is 2.40. The second kappa shape index (κ2) is 6.16. The fraction of sp³-hybridized carbons (Fsp3) is 0.143. The summed E-state index contributed by atoms with van der Waals surface area (Å²) in [5.74, 6) is 0.312. The Morgan fingerprint density at radius 3 is 2.56 bits per heavy atom. The van der Waals surface area contributed by atoms with E-state index in [-0.39, 0.29) is 0 Å². The molecule has 2 nitrogen and oxygen atoms in total. The molecule has 2 aromatic rings. The zero-order valence-electron chi connectivity index (χ0n) is 9.98. The average molecular weight is 324 g/mol. The topological polar surface area (TPSA) is 32.3 Å². The number of thioether (sulfide) groups is 1. The summed E-state index contributed by atoms with van der Waals surface area (Å²) < 4.78 is 0.967. The lowest BCUT2D eigenvalue weighted by Crippen LogP contribution is -1.99. The molecule has 94 valence electrons. The molecule has 0 radical (unpaired) electrons. The standard InChI is InChI=1S/C14H14BrNOS/c1-18-13-5-3-12(4-6-13)16-9-10-8-11(15)2-7-14(10)17/h2-8,16-17H,9H2,1H3. The van der Waals surface area contributed by atoms with Gasteiger partial charge in [0.25, 0.3) is 0 Å². The van der Waals surface area contributed by atoms with Gasteiger partial charge in [-0.25, -0.2) is 0 Å². The number of rotatable bonds is 4. The van der Waals surface area contributed by atoms with E-state index in [4.69, 9.17) is 0 Å². The number of anilines is 1. The van der Waals surface area contributed by atoms with Crippen molar-refractivity contribution in [2.45, 2.75) is 11.4 Å². The summed E-state index contributed by atoms with van der Waals surface area (Å²) in [5.41, 5.74) is 1.92. The van der Waals surface area contributed by atoms with Gasteiger partial charge in [-0.05, 0) is 48.7 Å². The Bertz CT molecular complexity index is 528. The molecular formula is C14H14BrNOS. The number of hydrogen-bond donors (Lipinski definition) is 2. The van der Waals surface area contributed by atoms with Crippen LogP contribution in [0.1, 0.15) is 5.56 Å². The first-order valence-electron chi connectivity index (χ1n) is 5.54. The second-order valence-corrected chi connectivity index (χ2v) is 5.65. The van der Waals surface area contributed by atoms with Crippen molar-refractivity contribution < 1.29 is 5.11 Å². The van der Waals surface area contributed by atoms with Gasteiger partial charge in [0.05, 0.1) is 0 Å². The summed E-state index contributed by atoms with van der Waals surface area (Å²) in [6.07, 6.45) is 2.06. The van der Waals surface area contributed by atoms with E-state index >= 15 is 0 Å². The summed E-state index contributed by atoms with van der Waals surface area (Å²) >= 11 is 5.12. The van der Waals surface area contributed by atoms with Gasteiger partial charge in [0.2, 0.25) is 0 Å². The lowest BCUT2D eigenvalue weighted by Gasteiger charge is -2.09. The minimum absolute atomic E-state index is 0.312. The lowest BCUT2D eigenvalue weighted by molar-refractivity contribution is 0.469. The first kappa shape index (κ1) is 13.3. The highest BCUT2D eigenvalue weighted by molar-refractivity contribution is 9.10. The number of halogens is 1. The van der Waals surface area contributed by atoms with Gasteiger partial charge in [0, 0.05) is 27.2 Å². The molecule has 0 bridgehead atoms. The van der Waals surface area contributed by atoms with Crippen LogP contribution in [-0.4, -0.2) is 11.4 Å². The third-order valence-electron chi connectivity index (χ3n) is 2.61. The van der Waals surface area contributed by atoms with E-state index in [0.717, 1.165) is 15.7 Å². The van der Waals surface area contributed by atoms with E-state index in [1.165, 1.54) is 4.90 Å². The fourth-order valence-electron chi connectivity index (χ4n) is 1.60. The van der Waals surface area contributed by atoms with Gasteiger partial charge in [0.1, 0.15) is 5.75 Å². The van der Waals surface area contributed by atoms with Gasteiger partial charge < -0.3 is 10.4 Å². The summed E-state index contributed by atoms with van der Waals surface area (Å²) in [5, 5.41) is 13.0. The highest BCUT2D eigenvalue weighted by Gasteiger charge is 2.01. The molecule has 18 heavy (non-hydrogen) atoms. The van der Waals surface area contributed by atoms with Gasteiger partial charge >= 0.3 is 0 Å². The van der Waals surface area contributed by atoms with E-state index in [1.54, 1.807) is 17.8 Å². The maximum absolute atomic E-state index is 9.73. The molecule has 2 aromatic carbocycles. The first-order chi connectivity index (χ1) is 8.69. The molecule has 0 heterocycles. The van der Waals surface area contributed by atoms with Crippen molar-refractivity contribution in [3.63, 3.8) is 0 Å². The zero-order valence-corrected chi connectivity index (χ0v) is 12.4. The van der Waals surface area contributed by atoms with Gasteiger partial charge in [0.15, 0.2) is 0 Å². The van der Waals surface area contributed by atoms with Gasteiger partial charge in [-0.15, -0.1) is 11.8 Å². The third kappa shape index (κ3) is 3.43. The predicted molar refractivity (Wildman–Crippen MR) is 81.4 cm³/mol. The Balaban J connectivity index is 2.04.